The molecule has 1 fully saturated rings. The molecular formula is C20H27ClN2O. The van der Waals surface area contributed by atoms with E-state index in [0.717, 1.165) is 24.8 Å². The molecule has 0 aliphatic heterocycles. The summed E-state index contributed by atoms with van der Waals surface area (Å²) in [7, 11) is 2.18. The maximum Gasteiger partial charge on any atom is 0.119 e. The van der Waals surface area contributed by atoms with Gasteiger partial charge in [-0.1, -0.05) is 42.5 Å². The molecule has 0 bridgehead atoms. The van der Waals surface area contributed by atoms with Gasteiger partial charge in [0.25, 0.3) is 0 Å². The van der Waals surface area contributed by atoms with Crippen molar-refractivity contribution in [2.24, 2.45) is 11.7 Å². The van der Waals surface area contributed by atoms with E-state index in [1.165, 1.54) is 24.0 Å². The molecule has 0 aromatic heterocycles. The lowest BCUT2D eigenvalue weighted by Gasteiger charge is -2.27. The monoisotopic (exact) mass is 346 g/mol. The van der Waals surface area contributed by atoms with Crippen LogP contribution in [0.15, 0.2) is 54.6 Å². The number of nitrogens with zero attached hydrogens (tertiary/aromatic N) is 1. The van der Waals surface area contributed by atoms with Crippen LogP contribution in [0.1, 0.15) is 24.0 Å². The number of hydrogen-bond acceptors (Lipinski definition) is 3. The van der Waals surface area contributed by atoms with Crippen LogP contribution in [0.3, 0.4) is 0 Å². The fourth-order valence-corrected chi connectivity index (χ4v) is 3.05. The average Bonchev–Trinajstić information content (AvgIpc) is 3.41. The van der Waals surface area contributed by atoms with E-state index in [0.29, 0.717) is 12.6 Å². The first kappa shape index (κ1) is 18.8. The average molecular weight is 347 g/mol. The molecule has 130 valence electrons. The van der Waals surface area contributed by atoms with Crippen LogP contribution in [0.25, 0.3) is 0 Å². The summed E-state index contributed by atoms with van der Waals surface area (Å²) in [5.41, 5.74) is 8.42. The molecule has 4 heteroatoms. The highest BCUT2D eigenvalue weighted by molar-refractivity contribution is 5.85. The Bertz CT molecular complexity index is 599. The number of halogens is 1. The summed E-state index contributed by atoms with van der Waals surface area (Å²) in [6, 6.07) is 19.2. The van der Waals surface area contributed by atoms with Crippen LogP contribution < -0.4 is 10.5 Å². The van der Waals surface area contributed by atoms with Gasteiger partial charge in [-0.05, 0) is 49.1 Å². The second kappa shape index (κ2) is 9.07. The Hall–Kier alpha value is -1.55. The number of benzene rings is 2. The molecule has 3 nitrogen and oxygen atoms in total. The van der Waals surface area contributed by atoms with E-state index in [1.807, 2.05) is 18.2 Å². The SMILES string of the molecule is CN(Cc1ccc(OCc2ccccc2)cc1)C(CN)C1CC1.Cl. The molecule has 3 rings (SSSR count). The van der Waals surface area contributed by atoms with Crippen molar-refractivity contribution < 1.29 is 4.74 Å². The van der Waals surface area contributed by atoms with Crippen LogP contribution >= 0.6 is 12.4 Å². The highest BCUT2D eigenvalue weighted by Gasteiger charge is 2.32. The number of likely N-dealkylation sites (N-methyl/N-ethyl adjacent to an activating group) is 1. The predicted octanol–water partition coefficient (Wildman–Crippen LogP) is 3.86. The highest BCUT2D eigenvalue weighted by Crippen LogP contribution is 2.35. The molecule has 0 amide bonds. The lowest BCUT2D eigenvalue weighted by molar-refractivity contribution is 0.215. The molecule has 0 radical (unpaired) electrons. The summed E-state index contributed by atoms with van der Waals surface area (Å²) in [6.45, 7) is 2.30. The molecule has 24 heavy (non-hydrogen) atoms. The quantitative estimate of drug-likeness (QED) is 0.788. The van der Waals surface area contributed by atoms with Crippen molar-refractivity contribution in [1.29, 1.82) is 0 Å². The zero-order valence-electron chi connectivity index (χ0n) is 14.2. The van der Waals surface area contributed by atoms with E-state index in [-0.39, 0.29) is 12.4 Å². The van der Waals surface area contributed by atoms with Gasteiger partial charge in [-0.15, -0.1) is 12.4 Å². The normalized spacial score (nSPS) is 15.0. The Kier molecular flexibility index (Phi) is 7.10. The van der Waals surface area contributed by atoms with Crippen molar-refractivity contribution in [1.82, 2.24) is 4.90 Å². The van der Waals surface area contributed by atoms with Crippen molar-refractivity contribution in [2.75, 3.05) is 13.6 Å². The van der Waals surface area contributed by atoms with Crippen LogP contribution in [-0.2, 0) is 13.2 Å². The van der Waals surface area contributed by atoms with Crippen molar-refractivity contribution in [3.8, 4) is 5.75 Å². The van der Waals surface area contributed by atoms with Crippen LogP contribution in [0.4, 0.5) is 0 Å². The van der Waals surface area contributed by atoms with Gasteiger partial charge in [-0.25, -0.2) is 0 Å². The van der Waals surface area contributed by atoms with E-state index in [2.05, 4.69) is 48.3 Å². The van der Waals surface area contributed by atoms with Crippen LogP contribution in [-0.4, -0.2) is 24.5 Å². The first-order valence-corrected chi connectivity index (χ1v) is 8.42. The van der Waals surface area contributed by atoms with Gasteiger partial charge in [0.05, 0.1) is 0 Å². The fourth-order valence-electron chi connectivity index (χ4n) is 3.05. The molecule has 1 atom stereocenters. The number of ether oxygens (including phenoxy) is 1. The maximum atomic E-state index is 5.93. The highest BCUT2D eigenvalue weighted by atomic mass is 35.5. The molecular weight excluding hydrogens is 320 g/mol. The van der Waals surface area contributed by atoms with Crippen LogP contribution in [0, 0.1) is 5.92 Å². The molecule has 1 saturated carbocycles. The zero-order chi connectivity index (χ0) is 16.1. The van der Waals surface area contributed by atoms with E-state index in [1.54, 1.807) is 0 Å². The van der Waals surface area contributed by atoms with Gasteiger partial charge >= 0.3 is 0 Å². The topological polar surface area (TPSA) is 38.5 Å². The molecule has 1 aliphatic rings. The minimum absolute atomic E-state index is 0. The Balaban J connectivity index is 0.00000208. The summed E-state index contributed by atoms with van der Waals surface area (Å²) >= 11 is 0. The predicted molar refractivity (Wildman–Crippen MR) is 101 cm³/mol. The molecule has 2 N–H and O–H groups in total. The third-order valence-corrected chi connectivity index (χ3v) is 4.58. The first-order valence-electron chi connectivity index (χ1n) is 8.42. The molecule has 0 heterocycles. The summed E-state index contributed by atoms with van der Waals surface area (Å²) in [4.78, 5) is 2.39. The number of nitrogens with two attached hydrogens (primary N) is 1. The van der Waals surface area contributed by atoms with Gasteiger partial charge < -0.3 is 10.5 Å². The van der Waals surface area contributed by atoms with Gasteiger partial charge in [0.2, 0.25) is 0 Å². The van der Waals surface area contributed by atoms with Crippen LogP contribution in [0.5, 0.6) is 5.75 Å². The third-order valence-electron chi connectivity index (χ3n) is 4.58. The molecule has 0 spiro atoms. The summed E-state index contributed by atoms with van der Waals surface area (Å²) in [5, 5.41) is 0. The smallest absolute Gasteiger partial charge is 0.119 e. The molecule has 1 unspecified atom stereocenters. The standard InChI is InChI=1S/C20H26N2O.ClH/c1-22(20(13-21)18-9-10-18)14-16-7-11-19(12-8-16)23-15-17-5-3-2-4-6-17;/h2-8,11-12,18,20H,9-10,13-15,21H2,1H3;1H. The van der Waals surface area contributed by atoms with Gasteiger partial charge in [0.15, 0.2) is 0 Å². The zero-order valence-corrected chi connectivity index (χ0v) is 15.0. The first-order chi connectivity index (χ1) is 11.3. The van der Waals surface area contributed by atoms with Gasteiger partial charge in [-0.2, -0.15) is 0 Å². The van der Waals surface area contributed by atoms with Gasteiger partial charge in [0.1, 0.15) is 12.4 Å². The Morgan fingerprint density at radius 2 is 1.71 bits per heavy atom. The van der Waals surface area contributed by atoms with Crippen molar-refractivity contribution >= 4 is 12.4 Å². The van der Waals surface area contributed by atoms with E-state index in [4.69, 9.17) is 10.5 Å². The minimum atomic E-state index is 0. The molecule has 0 saturated heterocycles. The Morgan fingerprint density at radius 1 is 1.04 bits per heavy atom. The summed E-state index contributed by atoms with van der Waals surface area (Å²) in [6.07, 6.45) is 2.66. The number of rotatable bonds is 8. The largest absolute Gasteiger partial charge is 0.489 e. The molecule has 1 aliphatic carbocycles. The Labute approximate surface area is 151 Å². The third kappa shape index (κ3) is 5.23. The summed E-state index contributed by atoms with van der Waals surface area (Å²) < 4.78 is 5.84. The van der Waals surface area contributed by atoms with Crippen molar-refractivity contribution in [2.45, 2.75) is 32.0 Å². The van der Waals surface area contributed by atoms with E-state index < -0.39 is 0 Å². The van der Waals surface area contributed by atoms with E-state index in [9.17, 15) is 0 Å². The Morgan fingerprint density at radius 3 is 2.29 bits per heavy atom. The second-order valence-corrected chi connectivity index (χ2v) is 6.47. The van der Waals surface area contributed by atoms with Gasteiger partial charge in [-0.3, -0.25) is 4.90 Å². The van der Waals surface area contributed by atoms with Crippen LogP contribution in [0.2, 0.25) is 0 Å². The maximum absolute atomic E-state index is 5.93. The number of hydrogen-bond donors (Lipinski definition) is 1. The molecule has 2 aromatic rings. The van der Waals surface area contributed by atoms with Gasteiger partial charge in [0, 0.05) is 19.1 Å². The molecule has 2 aromatic carbocycles. The lowest BCUT2D eigenvalue weighted by Crippen LogP contribution is -2.39. The second-order valence-electron chi connectivity index (χ2n) is 6.47. The lowest BCUT2D eigenvalue weighted by atomic mass is 10.1. The fraction of sp³-hybridized carbons (Fsp3) is 0.400. The van der Waals surface area contributed by atoms with Crippen molar-refractivity contribution in [3.05, 3.63) is 65.7 Å². The minimum Gasteiger partial charge on any atom is -0.489 e. The van der Waals surface area contributed by atoms with E-state index >= 15 is 0 Å². The summed E-state index contributed by atoms with van der Waals surface area (Å²) in [5.74, 6) is 1.72. The van der Waals surface area contributed by atoms with Crippen molar-refractivity contribution in [3.63, 3.8) is 0 Å².